The van der Waals surface area contributed by atoms with E-state index >= 15 is 0 Å². The lowest BCUT2D eigenvalue weighted by Gasteiger charge is -2.33. The number of piperidine rings is 1. The van der Waals surface area contributed by atoms with E-state index in [0.29, 0.717) is 18.2 Å². The van der Waals surface area contributed by atoms with Gasteiger partial charge in [0.05, 0.1) is 6.54 Å². The molecule has 0 spiro atoms. The number of rotatable bonds is 6. The Labute approximate surface area is 162 Å². The number of carbonyl (C=O) groups excluding carboxylic acids is 2. The summed E-state index contributed by atoms with van der Waals surface area (Å²) in [6.07, 6.45) is 5.91. The van der Waals surface area contributed by atoms with Gasteiger partial charge in [-0.2, -0.15) is 0 Å². The molecule has 1 saturated carbocycles. The number of halogens is 1. The van der Waals surface area contributed by atoms with Gasteiger partial charge in [-0.3, -0.25) is 9.59 Å². The summed E-state index contributed by atoms with van der Waals surface area (Å²) in [4.78, 5) is 26.7. The van der Waals surface area contributed by atoms with Crippen LogP contribution in [0.2, 0.25) is 0 Å². The Morgan fingerprint density at radius 2 is 1.96 bits per heavy atom. The third-order valence-electron chi connectivity index (χ3n) is 5.23. The Balaban J connectivity index is 0.00000243. The van der Waals surface area contributed by atoms with Gasteiger partial charge >= 0.3 is 0 Å². The zero-order valence-corrected chi connectivity index (χ0v) is 16.5. The van der Waals surface area contributed by atoms with Crippen molar-refractivity contribution in [2.45, 2.75) is 52.0 Å². The standard InChI is InChI=1S/C20H29N3O2.ClH/c1-14-11-17(20(25)23-10-4-3-5-15(23)2)8-9-18(14)22-19(24)13-21-12-16-6-7-16;/h8-9,11,15-16,21H,3-7,10,12-13H2,1-2H3,(H,22,24);1H. The monoisotopic (exact) mass is 379 g/mol. The van der Waals surface area contributed by atoms with Gasteiger partial charge < -0.3 is 15.5 Å². The van der Waals surface area contributed by atoms with Crippen LogP contribution < -0.4 is 10.6 Å². The molecule has 1 unspecified atom stereocenters. The Morgan fingerprint density at radius 3 is 2.62 bits per heavy atom. The second-order valence-corrected chi connectivity index (χ2v) is 7.50. The van der Waals surface area contributed by atoms with Crippen molar-refractivity contribution in [1.82, 2.24) is 10.2 Å². The summed E-state index contributed by atoms with van der Waals surface area (Å²) in [5, 5.41) is 6.12. The van der Waals surface area contributed by atoms with Gasteiger partial charge in [0.25, 0.3) is 5.91 Å². The first-order valence-electron chi connectivity index (χ1n) is 9.47. The zero-order chi connectivity index (χ0) is 17.8. The van der Waals surface area contributed by atoms with Gasteiger partial charge in [-0.25, -0.2) is 0 Å². The second kappa shape index (κ2) is 9.38. The van der Waals surface area contributed by atoms with Crippen LogP contribution in [0.4, 0.5) is 5.69 Å². The van der Waals surface area contributed by atoms with Crippen LogP contribution in [0, 0.1) is 12.8 Å². The van der Waals surface area contributed by atoms with Crippen LogP contribution in [0.25, 0.3) is 0 Å². The molecule has 0 bridgehead atoms. The maximum atomic E-state index is 12.7. The minimum absolute atomic E-state index is 0. The molecule has 3 rings (SSSR count). The van der Waals surface area contributed by atoms with Gasteiger partial charge in [0.2, 0.25) is 5.91 Å². The van der Waals surface area contributed by atoms with E-state index in [1.807, 2.05) is 30.0 Å². The van der Waals surface area contributed by atoms with Crippen molar-refractivity contribution in [3.63, 3.8) is 0 Å². The number of nitrogens with zero attached hydrogens (tertiary/aromatic N) is 1. The summed E-state index contributed by atoms with van der Waals surface area (Å²) in [5.74, 6) is 0.823. The van der Waals surface area contributed by atoms with E-state index < -0.39 is 0 Å². The third-order valence-corrected chi connectivity index (χ3v) is 5.23. The molecule has 1 aliphatic carbocycles. The van der Waals surface area contributed by atoms with Crippen molar-refractivity contribution in [3.8, 4) is 0 Å². The van der Waals surface area contributed by atoms with E-state index in [1.54, 1.807) is 0 Å². The van der Waals surface area contributed by atoms with Crippen LogP contribution in [-0.4, -0.2) is 42.4 Å². The van der Waals surface area contributed by atoms with Gasteiger partial charge in [0.15, 0.2) is 0 Å². The largest absolute Gasteiger partial charge is 0.336 e. The predicted molar refractivity (Wildman–Crippen MR) is 107 cm³/mol. The minimum atomic E-state index is -0.0347. The molecule has 2 N–H and O–H groups in total. The van der Waals surface area contributed by atoms with Gasteiger partial charge in [0.1, 0.15) is 0 Å². The maximum absolute atomic E-state index is 12.7. The fourth-order valence-corrected chi connectivity index (χ4v) is 3.41. The first-order valence-corrected chi connectivity index (χ1v) is 9.47. The molecule has 5 nitrogen and oxygen atoms in total. The van der Waals surface area contributed by atoms with Crippen molar-refractivity contribution in [2.75, 3.05) is 25.0 Å². The number of anilines is 1. The molecular formula is C20H30ClN3O2. The molecule has 2 aliphatic rings. The quantitative estimate of drug-likeness (QED) is 0.796. The van der Waals surface area contributed by atoms with E-state index in [1.165, 1.54) is 19.3 Å². The van der Waals surface area contributed by atoms with Gasteiger partial charge in [0, 0.05) is 23.8 Å². The fraction of sp³-hybridized carbons (Fsp3) is 0.600. The van der Waals surface area contributed by atoms with Crippen LogP contribution in [-0.2, 0) is 4.79 Å². The van der Waals surface area contributed by atoms with Gasteiger partial charge in [-0.15, -0.1) is 12.4 Å². The van der Waals surface area contributed by atoms with Crippen LogP contribution in [0.15, 0.2) is 18.2 Å². The number of carbonyl (C=O) groups is 2. The molecule has 1 aromatic carbocycles. The third kappa shape index (κ3) is 5.45. The van der Waals surface area contributed by atoms with Crippen LogP contribution in [0.5, 0.6) is 0 Å². The highest BCUT2D eigenvalue weighted by molar-refractivity contribution is 5.97. The van der Waals surface area contributed by atoms with Gasteiger partial charge in [-0.05, 0) is 82.2 Å². The zero-order valence-electron chi connectivity index (χ0n) is 15.7. The lowest BCUT2D eigenvalue weighted by atomic mass is 10.0. The maximum Gasteiger partial charge on any atom is 0.254 e. The first kappa shape index (κ1) is 20.7. The number of likely N-dealkylation sites (tertiary alicyclic amines) is 1. The average Bonchev–Trinajstić information content (AvgIpc) is 3.41. The van der Waals surface area contributed by atoms with Crippen LogP contribution >= 0.6 is 12.4 Å². The Kier molecular flexibility index (Phi) is 7.47. The molecule has 1 atom stereocenters. The van der Waals surface area contributed by atoms with E-state index in [4.69, 9.17) is 0 Å². The summed E-state index contributed by atoms with van der Waals surface area (Å²) in [6, 6.07) is 5.86. The topological polar surface area (TPSA) is 61.4 Å². The van der Waals surface area contributed by atoms with Crippen molar-refractivity contribution in [3.05, 3.63) is 29.3 Å². The highest BCUT2D eigenvalue weighted by Crippen LogP contribution is 2.27. The Morgan fingerprint density at radius 1 is 1.19 bits per heavy atom. The lowest BCUT2D eigenvalue weighted by molar-refractivity contribution is -0.115. The van der Waals surface area contributed by atoms with E-state index in [-0.39, 0.29) is 24.2 Å². The van der Waals surface area contributed by atoms with Crippen molar-refractivity contribution < 1.29 is 9.59 Å². The summed E-state index contributed by atoms with van der Waals surface area (Å²) >= 11 is 0. The molecule has 2 amide bonds. The SMILES string of the molecule is Cc1cc(C(=O)N2CCCCC2C)ccc1NC(=O)CNCC1CC1.Cl. The molecule has 2 fully saturated rings. The highest BCUT2D eigenvalue weighted by atomic mass is 35.5. The number of nitrogens with one attached hydrogen (secondary N) is 2. The summed E-state index contributed by atoms with van der Waals surface area (Å²) in [5.41, 5.74) is 2.41. The molecule has 26 heavy (non-hydrogen) atoms. The molecular weight excluding hydrogens is 350 g/mol. The summed E-state index contributed by atoms with van der Waals surface area (Å²) in [7, 11) is 0. The molecule has 0 radical (unpaired) electrons. The molecule has 1 aliphatic heterocycles. The summed E-state index contributed by atoms with van der Waals surface area (Å²) < 4.78 is 0. The van der Waals surface area contributed by atoms with Gasteiger partial charge in [-0.1, -0.05) is 0 Å². The summed E-state index contributed by atoms with van der Waals surface area (Å²) in [6.45, 7) is 6.15. The fourth-order valence-electron chi connectivity index (χ4n) is 3.41. The number of hydrogen-bond donors (Lipinski definition) is 2. The van der Waals surface area contributed by atoms with Crippen molar-refractivity contribution >= 4 is 29.9 Å². The van der Waals surface area contributed by atoms with Crippen LogP contribution in [0.3, 0.4) is 0 Å². The lowest BCUT2D eigenvalue weighted by Crippen LogP contribution is -2.42. The van der Waals surface area contributed by atoms with E-state index in [0.717, 1.165) is 43.1 Å². The number of amides is 2. The second-order valence-electron chi connectivity index (χ2n) is 7.50. The normalized spacial score (nSPS) is 19.6. The smallest absolute Gasteiger partial charge is 0.254 e. The van der Waals surface area contributed by atoms with E-state index in [9.17, 15) is 9.59 Å². The number of aryl methyl sites for hydroxylation is 1. The minimum Gasteiger partial charge on any atom is -0.336 e. The molecule has 0 aromatic heterocycles. The predicted octanol–water partition coefficient (Wildman–Crippen LogP) is 3.37. The first-order chi connectivity index (χ1) is 12.0. The number of benzene rings is 1. The molecule has 1 heterocycles. The molecule has 1 aromatic rings. The van der Waals surface area contributed by atoms with Crippen LogP contribution in [0.1, 0.15) is 54.9 Å². The number of hydrogen-bond acceptors (Lipinski definition) is 3. The molecule has 144 valence electrons. The Hall–Kier alpha value is -1.59. The highest BCUT2D eigenvalue weighted by Gasteiger charge is 2.24. The average molecular weight is 380 g/mol. The van der Waals surface area contributed by atoms with Crippen molar-refractivity contribution in [1.29, 1.82) is 0 Å². The molecule has 6 heteroatoms. The van der Waals surface area contributed by atoms with Crippen molar-refractivity contribution in [2.24, 2.45) is 5.92 Å². The Bertz CT molecular complexity index is 646. The van der Waals surface area contributed by atoms with E-state index in [2.05, 4.69) is 17.6 Å². The molecule has 1 saturated heterocycles.